The lowest BCUT2D eigenvalue weighted by molar-refractivity contribution is -0.137. The van der Waals surface area contributed by atoms with E-state index in [1.54, 1.807) is 4.90 Å². The van der Waals surface area contributed by atoms with Crippen molar-refractivity contribution in [2.45, 2.75) is 65.3 Å². The van der Waals surface area contributed by atoms with Gasteiger partial charge in [0.2, 0.25) is 0 Å². The smallest absolute Gasteiger partial charge is 0.317 e. The summed E-state index contributed by atoms with van der Waals surface area (Å²) in [7, 11) is 0. The van der Waals surface area contributed by atoms with Gasteiger partial charge in [0.15, 0.2) is 0 Å². The molecule has 112 valence electrons. The molecule has 0 rings (SSSR count). The van der Waals surface area contributed by atoms with Gasteiger partial charge in [-0.05, 0) is 26.7 Å². The lowest BCUT2D eigenvalue weighted by atomic mass is 10.2. The van der Waals surface area contributed by atoms with Crippen molar-refractivity contribution < 1.29 is 14.7 Å². The number of carbonyl (C=O) groups is 2. The van der Waals surface area contributed by atoms with Crippen LogP contribution in [0.3, 0.4) is 0 Å². The third-order valence-corrected chi connectivity index (χ3v) is 2.98. The van der Waals surface area contributed by atoms with Gasteiger partial charge in [-0.2, -0.15) is 0 Å². The minimum absolute atomic E-state index is 0.0862. The maximum absolute atomic E-state index is 12.0. The van der Waals surface area contributed by atoms with Crippen LogP contribution in [0.4, 0.5) is 4.79 Å². The summed E-state index contributed by atoms with van der Waals surface area (Å²) in [5.74, 6) is -0.816. The van der Waals surface area contributed by atoms with E-state index < -0.39 is 5.97 Å². The van der Waals surface area contributed by atoms with E-state index in [4.69, 9.17) is 5.11 Å². The van der Waals surface area contributed by atoms with E-state index in [9.17, 15) is 9.59 Å². The first-order chi connectivity index (χ1) is 8.99. The molecule has 0 spiro atoms. The van der Waals surface area contributed by atoms with Gasteiger partial charge in [-0.25, -0.2) is 4.79 Å². The summed E-state index contributed by atoms with van der Waals surface area (Å²) in [6.07, 6.45) is 5.12. The van der Waals surface area contributed by atoms with Gasteiger partial charge in [0.05, 0.1) is 0 Å². The van der Waals surface area contributed by atoms with Crippen molar-refractivity contribution in [1.29, 1.82) is 0 Å². The number of hydrogen-bond acceptors (Lipinski definition) is 2. The Morgan fingerprint density at radius 3 is 2.37 bits per heavy atom. The van der Waals surface area contributed by atoms with E-state index in [1.165, 1.54) is 12.8 Å². The van der Waals surface area contributed by atoms with E-state index in [0.717, 1.165) is 12.8 Å². The molecule has 0 aliphatic heterocycles. The maximum Gasteiger partial charge on any atom is 0.317 e. The van der Waals surface area contributed by atoms with Crippen LogP contribution in [0.2, 0.25) is 0 Å². The summed E-state index contributed by atoms with van der Waals surface area (Å²) in [5, 5.41) is 11.5. The second-order valence-electron chi connectivity index (χ2n) is 5.08. The summed E-state index contributed by atoms with van der Waals surface area (Å²) in [5.41, 5.74) is 0. The third-order valence-electron chi connectivity index (χ3n) is 2.98. The Kier molecular flexibility index (Phi) is 9.94. The molecule has 0 aromatic rings. The van der Waals surface area contributed by atoms with Crippen LogP contribution in [-0.2, 0) is 4.79 Å². The molecule has 0 saturated heterocycles. The van der Waals surface area contributed by atoms with Gasteiger partial charge in [-0.3, -0.25) is 4.79 Å². The first-order valence-electron chi connectivity index (χ1n) is 7.25. The number of aliphatic carboxylic acids is 1. The molecule has 0 aliphatic rings. The molecule has 2 N–H and O–H groups in total. The first-order valence-corrected chi connectivity index (χ1v) is 7.25. The van der Waals surface area contributed by atoms with Gasteiger partial charge in [-0.15, -0.1) is 0 Å². The van der Waals surface area contributed by atoms with Crippen LogP contribution in [0.15, 0.2) is 0 Å². The molecule has 0 radical (unpaired) electrons. The van der Waals surface area contributed by atoms with Crippen molar-refractivity contribution in [3.63, 3.8) is 0 Å². The first kappa shape index (κ1) is 17.7. The van der Waals surface area contributed by atoms with Crippen molar-refractivity contribution in [2.75, 3.05) is 13.1 Å². The summed E-state index contributed by atoms with van der Waals surface area (Å²) in [6, 6.07) is 0.00123. The third kappa shape index (κ3) is 9.33. The molecule has 0 fully saturated rings. The van der Waals surface area contributed by atoms with Gasteiger partial charge in [0.25, 0.3) is 0 Å². The highest BCUT2D eigenvalue weighted by Gasteiger charge is 2.16. The van der Waals surface area contributed by atoms with Crippen molar-refractivity contribution in [3.05, 3.63) is 0 Å². The minimum Gasteiger partial charge on any atom is -0.481 e. The predicted molar refractivity (Wildman–Crippen MR) is 76.3 cm³/mol. The second-order valence-corrected chi connectivity index (χ2v) is 5.08. The average Bonchev–Trinajstić information content (AvgIpc) is 2.33. The normalized spacial score (nSPS) is 10.5. The van der Waals surface area contributed by atoms with Crippen LogP contribution < -0.4 is 5.32 Å². The van der Waals surface area contributed by atoms with Crippen LogP contribution in [0.5, 0.6) is 0 Å². The number of carboxylic acids is 1. The van der Waals surface area contributed by atoms with Crippen molar-refractivity contribution in [1.82, 2.24) is 10.2 Å². The molecule has 0 aromatic carbocycles. The zero-order chi connectivity index (χ0) is 14.7. The van der Waals surface area contributed by atoms with Crippen LogP contribution in [0, 0.1) is 0 Å². The van der Waals surface area contributed by atoms with Crippen molar-refractivity contribution in [2.24, 2.45) is 0 Å². The number of rotatable bonds is 10. The van der Waals surface area contributed by atoms with E-state index >= 15 is 0 Å². The number of carboxylic acid groups (broad SMARTS) is 1. The van der Waals surface area contributed by atoms with Crippen LogP contribution in [0.25, 0.3) is 0 Å². The molecule has 0 aliphatic carbocycles. The molecule has 0 aromatic heterocycles. The molecular formula is C14H28N2O3. The Hall–Kier alpha value is -1.26. The summed E-state index contributed by atoms with van der Waals surface area (Å²) >= 11 is 0. The second kappa shape index (κ2) is 10.6. The predicted octanol–water partition coefficient (Wildman–Crippen LogP) is 2.85. The summed E-state index contributed by atoms with van der Waals surface area (Å²) < 4.78 is 0. The van der Waals surface area contributed by atoms with Crippen molar-refractivity contribution in [3.8, 4) is 0 Å². The fourth-order valence-corrected chi connectivity index (χ4v) is 1.84. The number of urea groups is 1. The highest BCUT2D eigenvalue weighted by Crippen LogP contribution is 2.03. The van der Waals surface area contributed by atoms with E-state index in [-0.39, 0.29) is 18.5 Å². The molecule has 0 heterocycles. The molecular weight excluding hydrogens is 244 g/mol. The number of amides is 2. The SMILES string of the molecule is CCCCCCNC(=O)N(CCCC(=O)O)C(C)C. The molecule has 0 atom stereocenters. The zero-order valence-corrected chi connectivity index (χ0v) is 12.4. The number of nitrogens with one attached hydrogen (secondary N) is 1. The monoisotopic (exact) mass is 272 g/mol. The Bertz CT molecular complexity index is 267. The molecule has 2 amide bonds. The minimum atomic E-state index is -0.816. The van der Waals surface area contributed by atoms with Crippen LogP contribution in [-0.4, -0.2) is 41.1 Å². The Balaban J connectivity index is 3.94. The maximum atomic E-state index is 12.0. The summed E-state index contributed by atoms with van der Waals surface area (Å²) in [4.78, 5) is 24.1. The molecule has 5 heteroatoms. The fraction of sp³-hybridized carbons (Fsp3) is 0.857. The quantitative estimate of drug-likeness (QED) is 0.601. The molecule has 0 bridgehead atoms. The molecule has 0 unspecified atom stereocenters. The molecule has 0 saturated carbocycles. The fourth-order valence-electron chi connectivity index (χ4n) is 1.84. The van der Waals surface area contributed by atoms with Crippen molar-refractivity contribution >= 4 is 12.0 Å². The standard InChI is InChI=1S/C14H28N2O3/c1-4-5-6-7-10-15-14(19)16(12(2)3)11-8-9-13(17)18/h12H,4-11H2,1-3H3,(H,15,19)(H,17,18). The van der Waals surface area contributed by atoms with E-state index in [2.05, 4.69) is 12.2 Å². The number of unbranched alkanes of at least 4 members (excludes halogenated alkanes) is 3. The highest BCUT2D eigenvalue weighted by atomic mass is 16.4. The van der Waals surface area contributed by atoms with E-state index in [1.807, 2.05) is 13.8 Å². The van der Waals surface area contributed by atoms with E-state index in [0.29, 0.717) is 19.5 Å². The van der Waals surface area contributed by atoms with Gasteiger partial charge < -0.3 is 15.3 Å². The molecule has 19 heavy (non-hydrogen) atoms. The lowest BCUT2D eigenvalue weighted by Crippen LogP contribution is -2.44. The van der Waals surface area contributed by atoms with Gasteiger partial charge in [0.1, 0.15) is 0 Å². The average molecular weight is 272 g/mol. The Labute approximate surface area is 116 Å². The Morgan fingerprint density at radius 2 is 1.84 bits per heavy atom. The molecule has 5 nitrogen and oxygen atoms in total. The number of carbonyl (C=O) groups excluding carboxylic acids is 1. The topological polar surface area (TPSA) is 69.6 Å². The lowest BCUT2D eigenvalue weighted by Gasteiger charge is -2.26. The van der Waals surface area contributed by atoms with Crippen LogP contribution >= 0.6 is 0 Å². The largest absolute Gasteiger partial charge is 0.481 e. The number of hydrogen-bond donors (Lipinski definition) is 2. The highest BCUT2D eigenvalue weighted by molar-refractivity contribution is 5.74. The van der Waals surface area contributed by atoms with Gasteiger partial charge in [-0.1, -0.05) is 26.2 Å². The van der Waals surface area contributed by atoms with Crippen LogP contribution in [0.1, 0.15) is 59.3 Å². The van der Waals surface area contributed by atoms with Gasteiger partial charge in [0, 0.05) is 25.6 Å². The number of nitrogens with zero attached hydrogens (tertiary/aromatic N) is 1. The van der Waals surface area contributed by atoms with Gasteiger partial charge >= 0.3 is 12.0 Å². The summed E-state index contributed by atoms with van der Waals surface area (Å²) in [6.45, 7) is 7.22. The zero-order valence-electron chi connectivity index (χ0n) is 12.4. The Morgan fingerprint density at radius 1 is 1.16 bits per heavy atom.